The Bertz CT molecular complexity index is 964. The van der Waals surface area contributed by atoms with Crippen molar-refractivity contribution in [3.8, 4) is 0 Å². The molecule has 3 aromatic rings. The van der Waals surface area contributed by atoms with E-state index < -0.39 is 0 Å². The Hall–Kier alpha value is -2.49. The molecule has 0 radical (unpaired) electrons. The van der Waals surface area contributed by atoms with E-state index in [1.54, 1.807) is 0 Å². The van der Waals surface area contributed by atoms with Crippen molar-refractivity contribution in [1.82, 2.24) is 4.90 Å². The molecule has 0 spiro atoms. The number of rotatable bonds is 3. The summed E-state index contributed by atoms with van der Waals surface area (Å²) < 4.78 is 0. The summed E-state index contributed by atoms with van der Waals surface area (Å²) in [5.74, 6) is 0.958. The van der Waals surface area contributed by atoms with Gasteiger partial charge in [0.15, 0.2) is 0 Å². The maximum absolute atomic E-state index is 6.37. The lowest BCUT2D eigenvalue weighted by molar-refractivity contribution is 0.386. The zero-order chi connectivity index (χ0) is 19.3. The molecule has 5 heteroatoms. The van der Waals surface area contributed by atoms with Crippen LogP contribution in [0.25, 0.3) is 0 Å². The Morgan fingerprint density at radius 2 is 1.46 bits per heavy atom. The molecule has 0 aromatic heterocycles. The highest BCUT2D eigenvalue weighted by atomic mass is 35.5. The lowest BCUT2D eigenvalue weighted by atomic mass is 10.1. The van der Waals surface area contributed by atoms with Gasteiger partial charge in [0, 0.05) is 42.5 Å². The highest BCUT2D eigenvalue weighted by Crippen LogP contribution is 2.26. The first-order valence-electron chi connectivity index (χ1n) is 9.35. The van der Waals surface area contributed by atoms with Crippen LogP contribution in [0.15, 0.2) is 83.9 Å². The van der Waals surface area contributed by atoms with Crippen LogP contribution in [0, 0.1) is 0 Å². The van der Waals surface area contributed by atoms with Gasteiger partial charge < -0.3 is 9.80 Å². The van der Waals surface area contributed by atoms with Crippen LogP contribution in [0.3, 0.4) is 0 Å². The molecule has 28 heavy (non-hydrogen) atoms. The Morgan fingerprint density at radius 1 is 0.750 bits per heavy atom. The first kappa shape index (κ1) is 18.9. The van der Waals surface area contributed by atoms with E-state index in [9.17, 15) is 0 Å². The molecule has 142 valence electrons. The fourth-order valence-electron chi connectivity index (χ4n) is 3.41. The second-order valence-electron chi connectivity index (χ2n) is 6.71. The first-order chi connectivity index (χ1) is 13.7. The number of nitrogens with zero attached hydrogens (tertiary/aromatic N) is 3. The van der Waals surface area contributed by atoms with Crippen molar-refractivity contribution in [1.29, 1.82) is 0 Å². The number of para-hydroxylation sites is 1. The van der Waals surface area contributed by atoms with Crippen LogP contribution in [-0.2, 0) is 0 Å². The minimum absolute atomic E-state index is 0.661. The predicted octanol–water partition coefficient (Wildman–Crippen LogP) is 5.89. The van der Waals surface area contributed by atoms with Crippen LogP contribution >= 0.6 is 23.2 Å². The summed E-state index contributed by atoms with van der Waals surface area (Å²) in [7, 11) is 0. The van der Waals surface area contributed by atoms with Gasteiger partial charge in [0.05, 0.1) is 10.7 Å². The summed E-state index contributed by atoms with van der Waals surface area (Å²) in [5, 5.41) is 1.43. The largest absolute Gasteiger partial charge is 0.368 e. The van der Waals surface area contributed by atoms with Crippen LogP contribution in [0.5, 0.6) is 0 Å². The summed E-state index contributed by atoms with van der Waals surface area (Å²) in [6.45, 7) is 3.58. The second kappa shape index (κ2) is 8.68. The normalized spacial score (nSPS) is 15.0. The van der Waals surface area contributed by atoms with Gasteiger partial charge in [-0.15, -0.1) is 0 Å². The van der Waals surface area contributed by atoms with Crippen LogP contribution in [0.4, 0.5) is 11.4 Å². The zero-order valence-corrected chi connectivity index (χ0v) is 16.9. The van der Waals surface area contributed by atoms with Crippen LogP contribution < -0.4 is 4.90 Å². The van der Waals surface area contributed by atoms with E-state index in [0.29, 0.717) is 5.02 Å². The van der Waals surface area contributed by atoms with E-state index in [1.165, 1.54) is 0 Å². The summed E-state index contributed by atoms with van der Waals surface area (Å²) >= 11 is 12.5. The van der Waals surface area contributed by atoms with Gasteiger partial charge in [-0.25, -0.2) is 4.99 Å². The number of amidine groups is 1. The molecule has 0 saturated carbocycles. The third kappa shape index (κ3) is 4.32. The molecule has 3 aromatic carbocycles. The summed E-state index contributed by atoms with van der Waals surface area (Å²) in [6.07, 6.45) is 0. The Morgan fingerprint density at radius 3 is 2.18 bits per heavy atom. The molecule has 1 aliphatic rings. The number of hydrogen-bond acceptors (Lipinski definition) is 2. The average molecular weight is 410 g/mol. The number of hydrogen-bond donors (Lipinski definition) is 0. The summed E-state index contributed by atoms with van der Waals surface area (Å²) in [4.78, 5) is 9.63. The fraction of sp³-hybridized carbons (Fsp3) is 0.174. The maximum Gasteiger partial charge on any atom is 0.136 e. The highest BCUT2D eigenvalue weighted by Gasteiger charge is 2.21. The molecule has 0 atom stereocenters. The lowest BCUT2D eigenvalue weighted by Crippen LogP contribution is -2.49. The Balaban J connectivity index is 1.59. The van der Waals surface area contributed by atoms with Crippen LogP contribution in [0.2, 0.25) is 10.0 Å². The molecule has 0 N–H and O–H groups in total. The number of benzene rings is 3. The van der Waals surface area contributed by atoms with Crippen molar-refractivity contribution in [2.24, 2.45) is 4.99 Å². The third-order valence-corrected chi connectivity index (χ3v) is 5.42. The standard InChI is InChI=1S/C23H21Cl2N3/c24-19-9-6-10-20(17-19)27-13-15-28(16-14-27)23(18-7-2-1-3-8-18)26-22-12-5-4-11-21(22)25/h1-12,17H,13-16H2. The second-order valence-corrected chi connectivity index (χ2v) is 7.55. The monoisotopic (exact) mass is 409 g/mol. The van der Waals surface area contributed by atoms with Crippen molar-refractivity contribution in [2.45, 2.75) is 0 Å². The highest BCUT2D eigenvalue weighted by molar-refractivity contribution is 6.33. The molecule has 1 aliphatic heterocycles. The van der Waals surface area contributed by atoms with Gasteiger partial charge in [0.2, 0.25) is 0 Å². The molecule has 0 bridgehead atoms. The van der Waals surface area contributed by atoms with E-state index in [0.717, 1.165) is 54.0 Å². The van der Waals surface area contributed by atoms with E-state index in [2.05, 4.69) is 28.0 Å². The topological polar surface area (TPSA) is 18.8 Å². The number of piperazine rings is 1. The van der Waals surface area contributed by atoms with E-state index in [4.69, 9.17) is 28.2 Å². The van der Waals surface area contributed by atoms with Crippen molar-refractivity contribution in [3.63, 3.8) is 0 Å². The summed E-state index contributed by atoms with van der Waals surface area (Å²) in [5.41, 5.74) is 3.05. The molecule has 0 amide bonds. The molecule has 4 rings (SSSR count). The summed E-state index contributed by atoms with van der Waals surface area (Å²) in [6, 6.07) is 26.0. The Labute approximate surface area is 175 Å². The molecule has 3 nitrogen and oxygen atoms in total. The first-order valence-corrected chi connectivity index (χ1v) is 10.1. The van der Waals surface area contributed by atoms with Gasteiger partial charge in [-0.05, 0) is 30.3 Å². The van der Waals surface area contributed by atoms with Gasteiger partial charge in [-0.2, -0.15) is 0 Å². The van der Waals surface area contributed by atoms with Crippen molar-refractivity contribution in [3.05, 3.63) is 94.5 Å². The van der Waals surface area contributed by atoms with Crippen LogP contribution in [0.1, 0.15) is 5.56 Å². The van der Waals surface area contributed by atoms with Crippen molar-refractivity contribution < 1.29 is 0 Å². The third-order valence-electron chi connectivity index (χ3n) is 4.86. The molecule has 0 unspecified atom stereocenters. The van der Waals surface area contributed by atoms with E-state index in [-0.39, 0.29) is 0 Å². The quantitative estimate of drug-likeness (QED) is 0.396. The average Bonchev–Trinajstić information content (AvgIpc) is 2.74. The molecular formula is C23H21Cl2N3. The van der Waals surface area contributed by atoms with Gasteiger partial charge in [-0.3, -0.25) is 0 Å². The Kier molecular flexibility index (Phi) is 5.84. The number of anilines is 1. The smallest absolute Gasteiger partial charge is 0.136 e. The molecule has 0 aliphatic carbocycles. The lowest BCUT2D eigenvalue weighted by Gasteiger charge is -2.38. The van der Waals surface area contributed by atoms with Gasteiger partial charge in [0.25, 0.3) is 0 Å². The van der Waals surface area contributed by atoms with Crippen molar-refractivity contribution in [2.75, 3.05) is 31.1 Å². The fourth-order valence-corrected chi connectivity index (χ4v) is 3.77. The van der Waals surface area contributed by atoms with E-state index >= 15 is 0 Å². The SMILES string of the molecule is Clc1cccc(N2CCN(C(=Nc3ccccc3Cl)c3ccccc3)CC2)c1. The van der Waals surface area contributed by atoms with Crippen molar-refractivity contribution >= 4 is 40.4 Å². The maximum atomic E-state index is 6.37. The number of halogens is 2. The minimum atomic E-state index is 0.661. The molecule has 1 saturated heterocycles. The number of aliphatic imine (C=N–C) groups is 1. The van der Waals surface area contributed by atoms with Gasteiger partial charge in [0.1, 0.15) is 5.84 Å². The minimum Gasteiger partial charge on any atom is -0.368 e. The molecular weight excluding hydrogens is 389 g/mol. The zero-order valence-electron chi connectivity index (χ0n) is 15.4. The van der Waals surface area contributed by atoms with Crippen LogP contribution in [-0.4, -0.2) is 36.9 Å². The molecule has 1 heterocycles. The molecule has 1 fully saturated rings. The predicted molar refractivity (Wildman–Crippen MR) is 119 cm³/mol. The van der Waals surface area contributed by atoms with Gasteiger partial charge >= 0.3 is 0 Å². The van der Waals surface area contributed by atoms with E-state index in [1.807, 2.05) is 60.7 Å². The van der Waals surface area contributed by atoms with Gasteiger partial charge in [-0.1, -0.05) is 71.7 Å².